The number of alkyl halides is 6. The number of anilines is 1. The molecule has 0 unspecified atom stereocenters. The van der Waals surface area contributed by atoms with Gasteiger partial charge in [0, 0.05) is 64.1 Å². The number of hydrogen-bond acceptors (Lipinski definition) is 7. The number of rotatable bonds is 5. The molecule has 196 valence electrons. The number of carbonyl (C=O) groups is 1. The molecule has 2 aromatic heterocycles. The molecule has 9 nitrogen and oxygen atoms in total. The fourth-order valence-corrected chi connectivity index (χ4v) is 4.31. The van der Waals surface area contributed by atoms with Crippen molar-refractivity contribution in [3.63, 3.8) is 0 Å². The number of aromatic nitrogens is 4. The first-order chi connectivity index (χ1) is 16.8. The summed E-state index contributed by atoms with van der Waals surface area (Å²) in [6.45, 7) is 3.25. The third-order valence-corrected chi connectivity index (χ3v) is 6.52. The average molecular weight is 519 g/mol. The van der Waals surface area contributed by atoms with Crippen LogP contribution in [-0.4, -0.2) is 74.6 Å². The molecule has 4 rings (SSSR count). The van der Waals surface area contributed by atoms with Crippen molar-refractivity contribution in [1.82, 2.24) is 30.0 Å². The molecule has 1 N–H and O–H groups in total. The van der Waals surface area contributed by atoms with Crippen molar-refractivity contribution in [3.05, 3.63) is 45.1 Å². The zero-order chi connectivity index (χ0) is 26.3. The monoisotopic (exact) mass is 519 g/mol. The van der Waals surface area contributed by atoms with E-state index in [1.54, 1.807) is 9.80 Å². The summed E-state index contributed by atoms with van der Waals surface area (Å²) in [5.41, 5.74) is -3.63. The number of nitrogens with one attached hydrogen (secondary N) is 1. The number of amides is 1. The first-order valence-corrected chi connectivity index (χ1v) is 11.2. The SMILES string of the molecule is Cc1c(CN2CC[C@@H]2CC(=O)N2CCN(c3ncc(C(F)(F)F)cn3)CC2)n[nH]c(=O)c1C(F)(F)F. The molecule has 15 heteroatoms. The second-order valence-electron chi connectivity index (χ2n) is 8.75. The minimum Gasteiger partial charge on any atom is -0.339 e. The van der Waals surface area contributed by atoms with Gasteiger partial charge >= 0.3 is 12.4 Å². The van der Waals surface area contributed by atoms with Crippen LogP contribution >= 0.6 is 0 Å². The summed E-state index contributed by atoms with van der Waals surface area (Å²) < 4.78 is 77.7. The number of hydrogen-bond donors (Lipinski definition) is 1. The van der Waals surface area contributed by atoms with E-state index in [0.29, 0.717) is 39.1 Å². The van der Waals surface area contributed by atoms with E-state index < -0.39 is 29.0 Å². The summed E-state index contributed by atoms with van der Waals surface area (Å²) >= 11 is 0. The van der Waals surface area contributed by atoms with Crippen molar-refractivity contribution >= 4 is 11.9 Å². The summed E-state index contributed by atoms with van der Waals surface area (Å²) in [5, 5.41) is 5.69. The maximum atomic E-state index is 13.2. The van der Waals surface area contributed by atoms with Gasteiger partial charge in [0.05, 0.1) is 11.3 Å². The van der Waals surface area contributed by atoms with Crippen molar-refractivity contribution in [3.8, 4) is 0 Å². The highest BCUT2D eigenvalue weighted by molar-refractivity contribution is 5.77. The lowest BCUT2D eigenvalue weighted by atomic mass is 9.97. The van der Waals surface area contributed by atoms with Gasteiger partial charge in [0.15, 0.2) is 0 Å². The van der Waals surface area contributed by atoms with E-state index in [0.717, 1.165) is 12.4 Å². The predicted molar refractivity (Wildman–Crippen MR) is 114 cm³/mol. The van der Waals surface area contributed by atoms with Crippen LogP contribution in [0, 0.1) is 6.92 Å². The average Bonchev–Trinajstić information content (AvgIpc) is 2.80. The van der Waals surface area contributed by atoms with Gasteiger partial charge in [-0.25, -0.2) is 15.1 Å². The van der Waals surface area contributed by atoms with Crippen molar-refractivity contribution in [2.24, 2.45) is 0 Å². The van der Waals surface area contributed by atoms with Gasteiger partial charge in [-0.1, -0.05) is 0 Å². The highest BCUT2D eigenvalue weighted by atomic mass is 19.4. The first kappa shape index (κ1) is 25.9. The fourth-order valence-electron chi connectivity index (χ4n) is 4.31. The number of halogens is 6. The lowest BCUT2D eigenvalue weighted by Crippen LogP contribution is -2.53. The number of carbonyl (C=O) groups excluding carboxylic acids is 1. The molecule has 2 aliphatic heterocycles. The zero-order valence-electron chi connectivity index (χ0n) is 19.2. The summed E-state index contributed by atoms with van der Waals surface area (Å²) in [7, 11) is 0. The Balaban J connectivity index is 1.31. The number of piperazine rings is 1. The highest BCUT2D eigenvalue weighted by Gasteiger charge is 2.38. The molecule has 2 fully saturated rings. The van der Waals surface area contributed by atoms with E-state index in [9.17, 15) is 35.9 Å². The Bertz CT molecular complexity index is 1160. The van der Waals surface area contributed by atoms with E-state index in [2.05, 4.69) is 15.1 Å². The van der Waals surface area contributed by atoms with Crippen molar-refractivity contribution in [2.45, 2.75) is 44.7 Å². The van der Waals surface area contributed by atoms with Crippen molar-refractivity contribution in [1.29, 1.82) is 0 Å². The van der Waals surface area contributed by atoms with Gasteiger partial charge in [-0.3, -0.25) is 14.5 Å². The molecule has 0 aliphatic carbocycles. The van der Waals surface area contributed by atoms with Crippen molar-refractivity contribution in [2.75, 3.05) is 37.6 Å². The predicted octanol–water partition coefficient (Wildman–Crippen LogP) is 2.22. The van der Waals surface area contributed by atoms with E-state index in [1.165, 1.54) is 6.92 Å². The van der Waals surface area contributed by atoms with E-state index in [-0.39, 0.29) is 42.1 Å². The topological polar surface area (TPSA) is 98.3 Å². The molecular formula is C21H23F6N7O2. The van der Waals surface area contributed by atoms with E-state index >= 15 is 0 Å². The Morgan fingerprint density at radius 2 is 1.67 bits per heavy atom. The molecule has 0 radical (unpaired) electrons. The molecule has 2 aliphatic rings. The van der Waals surface area contributed by atoms with E-state index in [1.807, 2.05) is 10.00 Å². The second-order valence-corrected chi connectivity index (χ2v) is 8.75. The molecule has 2 aromatic rings. The smallest absolute Gasteiger partial charge is 0.339 e. The van der Waals surface area contributed by atoms with Crippen LogP contribution in [0.5, 0.6) is 0 Å². The number of likely N-dealkylation sites (tertiary alicyclic amines) is 1. The van der Waals surface area contributed by atoms with Gasteiger partial charge in [-0.15, -0.1) is 0 Å². The number of H-pyrrole nitrogens is 1. The van der Waals surface area contributed by atoms with Crippen LogP contribution in [0.1, 0.15) is 35.2 Å². The largest absolute Gasteiger partial charge is 0.422 e. The summed E-state index contributed by atoms with van der Waals surface area (Å²) in [6.07, 6.45) is -7.01. The summed E-state index contributed by atoms with van der Waals surface area (Å²) in [6, 6.07) is -0.170. The maximum Gasteiger partial charge on any atom is 0.422 e. The summed E-state index contributed by atoms with van der Waals surface area (Å²) in [5.74, 6) is 0.0297. The highest BCUT2D eigenvalue weighted by Crippen LogP contribution is 2.31. The van der Waals surface area contributed by atoms with Crippen LogP contribution in [0.3, 0.4) is 0 Å². The lowest BCUT2D eigenvalue weighted by Gasteiger charge is -2.42. The Morgan fingerprint density at radius 3 is 2.19 bits per heavy atom. The van der Waals surface area contributed by atoms with Gasteiger partial charge in [-0.2, -0.15) is 31.4 Å². The zero-order valence-corrected chi connectivity index (χ0v) is 19.2. The molecule has 4 heterocycles. The second kappa shape index (κ2) is 9.67. The van der Waals surface area contributed by atoms with Crippen LogP contribution in [0.4, 0.5) is 32.3 Å². The Kier molecular flexibility index (Phi) is 6.94. The Morgan fingerprint density at radius 1 is 1.03 bits per heavy atom. The minimum absolute atomic E-state index is 0.0721. The van der Waals surface area contributed by atoms with Crippen LogP contribution in [0.2, 0.25) is 0 Å². The molecule has 0 saturated carbocycles. The van der Waals surface area contributed by atoms with E-state index in [4.69, 9.17) is 0 Å². The Hall–Kier alpha value is -3.23. The van der Waals surface area contributed by atoms with Crippen LogP contribution in [-0.2, 0) is 23.7 Å². The molecule has 0 spiro atoms. The van der Waals surface area contributed by atoms with Crippen LogP contribution in [0.25, 0.3) is 0 Å². The molecule has 0 aromatic carbocycles. The van der Waals surface area contributed by atoms with Gasteiger partial charge in [-0.05, 0) is 18.9 Å². The van der Waals surface area contributed by atoms with Crippen LogP contribution in [0.15, 0.2) is 17.2 Å². The van der Waals surface area contributed by atoms with Gasteiger partial charge in [0.1, 0.15) is 5.56 Å². The third kappa shape index (κ3) is 5.44. The number of aromatic amines is 1. The van der Waals surface area contributed by atoms with Crippen molar-refractivity contribution < 1.29 is 31.1 Å². The number of nitrogens with zero attached hydrogens (tertiary/aromatic N) is 6. The fraction of sp³-hybridized carbons (Fsp3) is 0.571. The standard InChI is InChI=1S/C21H23F6N7O2/c1-12-15(30-31-18(36)17(12)21(25,26)27)11-34-3-2-14(34)8-16(35)32-4-6-33(7-5-32)19-28-9-13(10-29-19)20(22,23)24/h9-10,14H,2-8,11H2,1H3,(H,31,36)/t14-/m1/s1. The van der Waals surface area contributed by atoms with Gasteiger partial charge < -0.3 is 9.80 Å². The quantitative estimate of drug-likeness (QED) is 0.605. The van der Waals surface area contributed by atoms with Gasteiger partial charge in [0.25, 0.3) is 5.56 Å². The van der Waals surface area contributed by atoms with Crippen LogP contribution < -0.4 is 10.5 Å². The molecular weight excluding hydrogens is 496 g/mol. The molecule has 0 bridgehead atoms. The van der Waals surface area contributed by atoms with Gasteiger partial charge in [0.2, 0.25) is 11.9 Å². The third-order valence-electron chi connectivity index (χ3n) is 6.52. The molecule has 1 atom stereocenters. The maximum absolute atomic E-state index is 13.2. The molecule has 2 saturated heterocycles. The summed E-state index contributed by atoms with van der Waals surface area (Å²) in [4.78, 5) is 37.2. The molecule has 1 amide bonds. The normalized spacial score (nSPS) is 19.4. The first-order valence-electron chi connectivity index (χ1n) is 11.2. The lowest BCUT2D eigenvalue weighted by molar-refractivity contribution is -0.139. The Labute approximate surface area is 201 Å². The molecule has 36 heavy (non-hydrogen) atoms. The minimum atomic E-state index is -4.80.